The average Bonchev–Trinajstić information content (AvgIpc) is 2.65. The van der Waals surface area contributed by atoms with Crippen LogP contribution in [0.1, 0.15) is 41.8 Å². The van der Waals surface area contributed by atoms with Gasteiger partial charge in [-0.15, -0.1) is 0 Å². The first-order chi connectivity index (χ1) is 13.3. The van der Waals surface area contributed by atoms with Gasteiger partial charge < -0.3 is 10.6 Å². The number of hydrogen-bond donors (Lipinski definition) is 2. The summed E-state index contributed by atoms with van der Waals surface area (Å²) < 4.78 is 0. The lowest BCUT2D eigenvalue weighted by Gasteiger charge is -2.20. The molecule has 0 aliphatic carbocycles. The molecule has 0 aliphatic heterocycles. The standard InChI is InChI=1S/C21H25N3O4/c1-14(2)12-18(23-20(25)17-10-6-4-8-15(17)3)21(26)22-13-16-9-5-7-11-19(16)24(27)28/h4-11,14,18H,12-13H2,1-3H3,(H,22,26)(H,23,25). The third kappa shape index (κ3) is 5.64. The summed E-state index contributed by atoms with van der Waals surface area (Å²) in [6.07, 6.45) is 0.459. The lowest BCUT2D eigenvalue weighted by atomic mass is 10.0. The van der Waals surface area contributed by atoms with Gasteiger partial charge in [0.25, 0.3) is 11.6 Å². The van der Waals surface area contributed by atoms with Gasteiger partial charge in [0.1, 0.15) is 6.04 Å². The van der Waals surface area contributed by atoms with E-state index in [0.717, 1.165) is 5.56 Å². The highest BCUT2D eigenvalue weighted by molar-refractivity contribution is 5.98. The van der Waals surface area contributed by atoms with Gasteiger partial charge >= 0.3 is 0 Å². The maximum Gasteiger partial charge on any atom is 0.274 e. The van der Waals surface area contributed by atoms with Gasteiger partial charge in [-0.05, 0) is 30.9 Å². The van der Waals surface area contributed by atoms with Crippen molar-refractivity contribution in [3.8, 4) is 0 Å². The normalized spacial score (nSPS) is 11.7. The largest absolute Gasteiger partial charge is 0.350 e. The molecule has 0 aliphatic rings. The van der Waals surface area contributed by atoms with Gasteiger partial charge in [0, 0.05) is 23.7 Å². The summed E-state index contributed by atoms with van der Waals surface area (Å²) in [6.45, 7) is 5.77. The molecule has 2 rings (SSSR count). The Labute approximate surface area is 164 Å². The maximum absolute atomic E-state index is 12.7. The minimum absolute atomic E-state index is 0.0187. The number of nitro benzene ring substituents is 1. The van der Waals surface area contributed by atoms with E-state index >= 15 is 0 Å². The third-order valence-corrected chi connectivity index (χ3v) is 4.36. The van der Waals surface area contributed by atoms with E-state index in [1.807, 2.05) is 32.9 Å². The van der Waals surface area contributed by atoms with Crippen molar-refractivity contribution in [2.75, 3.05) is 0 Å². The minimum Gasteiger partial charge on any atom is -0.350 e. The molecule has 0 bridgehead atoms. The van der Waals surface area contributed by atoms with Crippen LogP contribution in [-0.4, -0.2) is 22.8 Å². The molecule has 2 N–H and O–H groups in total. The van der Waals surface area contributed by atoms with Crippen LogP contribution in [0.25, 0.3) is 0 Å². The topological polar surface area (TPSA) is 101 Å². The van der Waals surface area contributed by atoms with E-state index in [1.165, 1.54) is 6.07 Å². The highest BCUT2D eigenvalue weighted by atomic mass is 16.6. The van der Waals surface area contributed by atoms with Crippen LogP contribution in [0.5, 0.6) is 0 Å². The summed E-state index contributed by atoms with van der Waals surface area (Å²) in [5.41, 5.74) is 1.70. The summed E-state index contributed by atoms with van der Waals surface area (Å²) >= 11 is 0. The van der Waals surface area contributed by atoms with Crippen molar-refractivity contribution in [3.63, 3.8) is 0 Å². The quantitative estimate of drug-likeness (QED) is 0.539. The molecule has 0 aromatic heterocycles. The number of aryl methyl sites for hydroxylation is 1. The number of carbonyl (C=O) groups excluding carboxylic acids is 2. The van der Waals surface area contributed by atoms with Gasteiger partial charge in [-0.25, -0.2) is 0 Å². The molecule has 0 fully saturated rings. The molecular weight excluding hydrogens is 358 g/mol. The number of nitrogens with zero attached hydrogens (tertiary/aromatic N) is 1. The maximum atomic E-state index is 12.7. The number of para-hydroxylation sites is 1. The first-order valence-corrected chi connectivity index (χ1v) is 9.16. The van der Waals surface area contributed by atoms with Crippen LogP contribution < -0.4 is 10.6 Å². The van der Waals surface area contributed by atoms with Crippen LogP contribution in [0.3, 0.4) is 0 Å². The summed E-state index contributed by atoms with van der Waals surface area (Å²) in [5.74, 6) is -0.502. The second-order valence-electron chi connectivity index (χ2n) is 7.07. The highest BCUT2D eigenvalue weighted by Gasteiger charge is 2.23. The zero-order valence-electron chi connectivity index (χ0n) is 16.3. The molecular formula is C21H25N3O4. The number of rotatable bonds is 8. The Balaban J connectivity index is 2.10. The van der Waals surface area contributed by atoms with Crippen LogP contribution in [0.4, 0.5) is 5.69 Å². The van der Waals surface area contributed by atoms with Crippen molar-refractivity contribution >= 4 is 17.5 Å². The zero-order chi connectivity index (χ0) is 20.7. The van der Waals surface area contributed by atoms with Crippen molar-refractivity contribution in [2.45, 2.75) is 39.8 Å². The van der Waals surface area contributed by atoms with Crippen molar-refractivity contribution in [2.24, 2.45) is 5.92 Å². The van der Waals surface area contributed by atoms with E-state index in [1.54, 1.807) is 30.3 Å². The fraction of sp³-hybridized carbons (Fsp3) is 0.333. The number of benzene rings is 2. The van der Waals surface area contributed by atoms with Gasteiger partial charge in [0.2, 0.25) is 5.91 Å². The molecule has 0 radical (unpaired) electrons. The SMILES string of the molecule is Cc1ccccc1C(=O)NC(CC(C)C)C(=O)NCc1ccccc1[N+](=O)[O-]. The van der Waals surface area contributed by atoms with Gasteiger partial charge in [-0.2, -0.15) is 0 Å². The van der Waals surface area contributed by atoms with Crippen LogP contribution in [0, 0.1) is 23.0 Å². The Bertz CT molecular complexity index is 864. The molecule has 2 aromatic carbocycles. The predicted molar refractivity (Wildman–Crippen MR) is 107 cm³/mol. The van der Waals surface area contributed by atoms with Crippen LogP contribution >= 0.6 is 0 Å². The number of amides is 2. The van der Waals surface area contributed by atoms with Gasteiger partial charge in [0.15, 0.2) is 0 Å². The van der Waals surface area contributed by atoms with Crippen molar-refractivity contribution in [1.82, 2.24) is 10.6 Å². The van der Waals surface area contributed by atoms with E-state index < -0.39 is 11.0 Å². The lowest BCUT2D eigenvalue weighted by Crippen LogP contribution is -2.47. The fourth-order valence-corrected chi connectivity index (χ4v) is 2.91. The van der Waals surface area contributed by atoms with Crippen molar-refractivity contribution < 1.29 is 14.5 Å². The van der Waals surface area contributed by atoms with Crippen molar-refractivity contribution in [1.29, 1.82) is 0 Å². The molecule has 0 saturated heterocycles. The second kappa shape index (κ2) is 9.64. The Hall–Kier alpha value is -3.22. The monoisotopic (exact) mass is 383 g/mol. The summed E-state index contributed by atoms with van der Waals surface area (Å²) in [4.78, 5) is 35.9. The first kappa shape index (κ1) is 21.1. The molecule has 148 valence electrons. The van der Waals surface area contributed by atoms with E-state index in [2.05, 4.69) is 10.6 Å². The summed E-state index contributed by atoms with van der Waals surface area (Å²) in [6, 6.07) is 12.7. The van der Waals surface area contributed by atoms with E-state index in [0.29, 0.717) is 17.5 Å². The molecule has 1 unspecified atom stereocenters. The molecule has 0 saturated carbocycles. The van der Waals surface area contributed by atoms with Crippen molar-refractivity contribution in [3.05, 3.63) is 75.3 Å². The molecule has 0 spiro atoms. The van der Waals surface area contributed by atoms with Gasteiger partial charge in [0.05, 0.1) is 4.92 Å². The number of nitrogens with one attached hydrogen (secondary N) is 2. The van der Waals surface area contributed by atoms with E-state index in [4.69, 9.17) is 0 Å². The molecule has 2 aromatic rings. The fourth-order valence-electron chi connectivity index (χ4n) is 2.91. The molecule has 1 atom stereocenters. The van der Waals surface area contributed by atoms with Crippen LogP contribution in [0.2, 0.25) is 0 Å². The highest BCUT2D eigenvalue weighted by Crippen LogP contribution is 2.17. The zero-order valence-corrected chi connectivity index (χ0v) is 16.3. The van der Waals surface area contributed by atoms with Gasteiger partial charge in [-0.3, -0.25) is 19.7 Å². The Morgan fingerprint density at radius 3 is 2.36 bits per heavy atom. The third-order valence-electron chi connectivity index (χ3n) is 4.36. The smallest absolute Gasteiger partial charge is 0.274 e. The Morgan fingerprint density at radius 1 is 1.07 bits per heavy atom. The number of nitro groups is 1. The second-order valence-corrected chi connectivity index (χ2v) is 7.07. The van der Waals surface area contributed by atoms with Gasteiger partial charge in [-0.1, -0.05) is 50.2 Å². The number of carbonyl (C=O) groups is 2. The lowest BCUT2D eigenvalue weighted by molar-refractivity contribution is -0.385. The Morgan fingerprint density at radius 2 is 1.71 bits per heavy atom. The van der Waals surface area contributed by atoms with E-state index in [9.17, 15) is 19.7 Å². The molecule has 7 nitrogen and oxygen atoms in total. The average molecular weight is 383 g/mol. The number of hydrogen-bond acceptors (Lipinski definition) is 4. The first-order valence-electron chi connectivity index (χ1n) is 9.16. The molecule has 28 heavy (non-hydrogen) atoms. The minimum atomic E-state index is -0.727. The molecule has 2 amide bonds. The molecule has 0 heterocycles. The predicted octanol–water partition coefficient (Wildman–Crippen LogP) is 3.36. The summed E-state index contributed by atoms with van der Waals surface area (Å²) in [5, 5.41) is 16.6. The Kier molecular flexibility index (Phi) is 7.26. The van der Waals surface area contributed by atoms with Crippen LogP contribution in [0.15, 0.2) is 48.5 Å². The van der Waals surface area contributed by atoms with Crippen LogP contribution in [-0.2, 0) is 11.3 Å². The summed E-state index contributed by atoms with van der Waals surface area (Å²) in [7, 11) is 0. The van der Waals surface area contributed by atoms with E-state index in [-0.39, 0.29) is 30.0 Å². The molecule has 7 heteroatoms.